The Labute approximate surface area is 199 Å². The fourth-order valence-electron chi connectivity index (χ4n) is 4.91. The van der Waals surface area contributed by atoms with Crippen LogP contribution in [-0.2, 0) is 11.8 Å². The van der Waals surface area contributed by atoms with E-state index in [0.29, 0.717) is 11.3 Å². The summed E-state index contributed by atoms with van der Waals surface area (Å²) in [6, 6.07) is 19.1. The second-order valence-corrected chi connectivity index (χ2v) is 10.6. The van der Waals surface area contributed by atoms with Crippen molar-refractivity contribution >= 4 is 32.6 Å². The molecule has 33 heavy (non-hydrogen) atoms. The Morgan fingerprint density at radius 3 is 2.45 bits per heavy atom. The molecule has 168 valence electrons. The Bertz CT molecular complexity index is 1600. The average Bonchev–Trinajstić information content (AvgIpc) is 3.22. The molecular weight excluding hydrogens is 402 g/mol. The van der Waals surface area contributed by atoms with Gasteiger partial charge < -0.3 is 4.42 Å². The Kier molecular flexibility index (Phi) is 4.53. The lowest BCUT2D eigenvalue weighted by Crippen LogP contribution is -2.12. The number of aromatic nitrogens is 1. The molecule has 2 nitrogen and oxygen atoms in total. The smallest absolute Gasteiger partial charge is 0.146 e. The average molecular weight is 438 g/mol. The molecule has 0 spiro atoms. The standard InChI is InChI=1S/C31H33NO/c1-18(2)12-23-17-25-29(32-27-14-19(3)13-20(4)28(27)30(25)33-23)22-15-21-10-8-9-11-24(21)26(16-22)31(5,6)7/h8-11,13-18H,12H2,1-7H3/i12D2. The summed E-state index contributed by atoms with van der Waals surface area (Å²) in [6.07, 6.45) is -1.58. The molecule has 0 atom stereocenters. The number of nitrogens with zero attached hydrogens (tertiary/aromatic N) is 1. The van der Waals surface area contributed by atoms with E-state index in [1.165, 1.54) is 16.3 Å². The molecule has 0 saturated heterocycles. The first-order valence-electron chi connectivity index (χ1n) is 12.8. The van der Waals surface area contributed by atoms with Crippen molar-refractivity contribution in [3.63, 3.8) is 0 Å². The summed E-state index contributed by atoms with van der Waals surface area (Å²) in [5.41, 5.74) is 6.90. The number of benzene rings is 3. The predicted molar refractivity (Wildman–Crippen MR) is 141 cm³/mol. The third-order valence-electron chi connectivity index (χ3n) is 6.28. The van der Waals surface area contributed by atoms with Crippen LogP contribution in [0.1, 0.15) is 59.8 Å². The maximum atomic E-state index is 8.70. The van der Waals surface area contributed by atoms with Crippen molar-refractivity contribution in [2.75, 3.05) is 0 Å². The van der Waals surface area contributed by atoms with Gasteiger partial charge in [0, 0.05) is 25.5 Å². The number of rotatable bonds is 3. The van der Waals surface area contributed by atoms with Crippen molar-refractivity contribution in [3.8, 4) is 11.3 Å². The SMILES string of the molecule is [2H]C([2H])(c1cc2c(-c3cc(C(C)(C)C)c4ccccc4c3)nc3cc(C)cc(C)c3c2o1)C(C)C. The summed E-state index contributed by atoms with van der Waals surface area (Å²) in [4.78, 5) is 5.18. The quantitative estimate of drug-likeness (QED) is 0.281. The number of aryl methyl sites for hydroxylation is 2. The van der Waals surface area contributed by atoms with E-state index in [1.807, 2.05) is 19.9 Å². The van der Waals surface area contributed by atoms with E-state index in [9.17, 15) is 0 Å². The first-order chi connectivity index (χ1) is 16.4. The lowest BCUT2D eigenvalue weighted by Gasteiger charge is -2.23. The van der Waals surface area contributed by atoms with Crippen LogP contribution >= 0.6 is 0 Å². The summed E-state index contributed by atoms with van der Waals surface area (Å²) >= 11 is 0. The number of furan rings is 1. The minimum atomic E-state index is -1.58. The summed E-state index contributed by atoms with van der Waals surface area (Å²) in [6.45, 7) is 14.6. The number of hydrogen-bond donors (Lipinski definition) is 0. The summed E-state index contributed by atoms with van der Waals surface area (Å²) in [5.74, 6) is 0.136. The van der Waals surface area contributed by atoms with Gasteiger partial charge in [-0.2, -0.15) is 0 Å². The van der Waals surface area contributed by atoms with Gasteiger partial charge in [-0.25, -0.2) is 4.98 Å². The molecule has 0 unspecified atom stereocenters. The minimum absolute atomic E-state index is 0.0462. The highest BCUT2D eigenvalue weighted by atomic mass is 16.3. The second-order valence-electron chi connectivity index (χ2n) is 10.6. The van der Waals surface area contributed by atoms with Gasteiger partial charge in [0.1, 0.15) is 11.3 Å². The Balaban J connectivity index is 1.92. The summed E-state index contributed by atoms with van der Waals surface area (Å²) in [5, 5.41) is 4.24. The highest BCUT2D eigenvalue weighted by Gasteiger charge is 2.22. The van der Waals surface area contributed by atoms with E-state index >= 15 is 0 Å². The molecule has 0 aliphatic heterocycles. The molecule has 2 heteroatoms. The molecular formula is C31H33NO. The summed E-state index contributed by atoms with van der Waals surface area (Å²) in [7, 11) is 0. The van der Waals surface area contributed by atoms with Crippen molar-refractivity contribution in [1.29, 1.82) is 0 Å². The molecule has 0 N–H and O–H groups in total. The van der Waals surface area contributed by atoms with Crippen molar-refractivity contribution in [3.05, 3.63) is 77.0 Å². The van der Waals surface area contributed by atoms with Gasteiger partial charge in [-0.1, -0.05) is 65.0 Å². The Morgan fingerprint density at radius 1 is 0.970 bits per heavy atom. The molecule has 5 rings (SSSR count). The van der Waals surface area contributed by atoms with Crippen LogP contribution < -0.4 is 0 Å². The van der Waals surface area contributed by atoms with Gasteiger partial charge in [0.05, 0.1) is 11.2 Å². The monoisotopic (exact) mass is 437 g/mol. The van der Waals surface area contributed by atoms with Crippen LogP contribution in [0.5, 0.6) is 0 Å². The molecule has 0 aliphatic carbocycles. The first-order valence-corrected chi connectivity index (χ1v) is 11.8. The van der Waals surface area contributed by atoms with E-state index in [-0.39, 0.29) is 11.3 Å². The van der Waals surface area contributed by atoms with Gasteiger partial charge >= 0.3 is 0 Å². The van der Waals surface area contributed by atoms with E-state index < -0.39 is 6.37 Å². The normalized spacial score (nSPS) is 13.8. The molecule has 0 radical (unpaired) electrons. The number of fused-ring (bicyclic) bond motifs is 4. The topological polar surface area (TPSA) is 26.0 Å². The van der Waals surface area contributed by atoms with Crippen molar-refractivity contribution in [1.82, 2.24) is 4.98 Å². The van der Waals surface area contributed by atoms with E-state index in [2.05, 4.69) is 83.1 Å². The maximum Gasteiger partial charge on any atom is 0.146 e. The maximum absolute atomic E-state index is 8.70. The third-order valence-corrected chi connectivity index (χ3v) is 6.28. The van der Waals surface area contributed by atoms with Crippen molar-refractivity contribution < 1.29 is 7.16 Å². The van der Waals surface area contributed by atoms with Gasteiger partial charge in [0.25, 0.3) is 0 Å². The highest BCUT2D eigenvalue weighted by Crippen LogP contribution is 2.40. The van der Waals surface area contributed by atoms with Crippen LogP contribution in [0.25, 0.3) is 43.9 Å². The molecule has 5 aromatic rings. The number of hydrogen-bond acceptors (Lipinski definition) is 2. The zero-order valence-corrected chi connectivity index (χ0v) is 20.6. The van der Waals surface area contributed by atoms with E-state index in [0.717, 1.165) is 38.7 Å². The van der Waals surface area contributed by atoms with Gasteiger partial charge in [-0.15, -0.1) is 0 Å². The zero-order chi connectivity index (χ0) is 25.3. The van der Waals surface area contributed by atoms with Crippen LogP contribution in [0.4, 0.5) is 0 Å². The van der Waals surface area contributed by atoms with Crippen LogP contribution in [0.2, 0.25) is 0 Å². The van der Waals surface area contributed by atoms with Crippen molar-refractivity contribution in [2.45, 2.75) is 60.3 Å². The summed E-state index contributed by atoms with van der Waals surface area (Å²) < 4.78 is 23.8. The van der Waals surface area contributed by atoms with Gasteiger partial charge in [0.2, 0.25) is 0 Å². The molecule has 3 aromatic carbocycles. The van der Waals surface area contributed by atoms with Gasteiger partial charge in [-0.3, -0.25) is 0 Å². The fraction of sp³-hybridized carbons (Fsp3) is 0.323. The van der Waals surface area contributed by atoms with Gasteiger partial charge in [0.15, 0.2) is 0 Å². The largest absolute Gasteiger partial charge is 0.460 e. The zero-order valence-electron chi connectivity index (χ0n) is 22.6. The lowest BCUT2D eigenvalue weighted by atomic mass is 9.82. The first kappa shape index (κ1) is 19.3. The Morgan fingerprint density at radius 2 is 1.73 bits per heavy atom. The van der Waals surface area contributed by atoms with Crippen molar-refractivity contribution in [2.24, 2.45) is 5.92 Å². The third kappa shape index (κ3) is 3.82. The second kappa shape index (κ2) is 7.73. The lowest BCUT2D eigenvalue weighted by molar-refractivity contribution is 0.501. The predicted octanol–water partition coefficient (Wildman–Crippen LogP) is 8.91. The van der Waals surface area contributed by atoms with Crippen LogP contribution in [0, 0.1) is 19.8 Å². The fourth-order valence-corrected chi connectivity index (χ4v) is 4.91. The molecule has 2 aromatic heterocycles. The van der Waals surface area contributed by atoms with Crippen LogP contribution in [0.3, 0.4) is 0 Å². The molecule has 0 amide bonds. The molecule has 0 bridgehead atoms. The Hall–Kier alpha value is -3.13. The van der Waals surface area contributed by atoms with Gasteiger partial charge in [-0.05, 0) is 76.9 Å². The van der Waals surface area contributed by atoms with E-state index in [4.69, 9.17) is 12.1 Å². The number of pyridine rings is 1. The molecule has 0 saturated carbocycles. The van der Waals surface area contributed by atoms with E-state index in [1.54, 1.807) is 0 Å². The molecule has 0 aliphatic rings. The molecule has 0 fully saturated rings. The van der Waals surface area contributed by atoms with Crippen LogP contribution in [0.15, 0.2) is 59.0 Å². The minimum Gasteiger partial charge on any atom is -0.460 e. The highest BCUT2D eigenvalue weighted by molar-refractivity contribution is 6.10. The molecule has 2 heterocycles. The van der Waals surface area contributed by atoms with Crippen LogP contribution in [-0.4, -0.2) is 4.98 Å².